The Labute approximate surface area is 164 Å². The quantitative estimate of drug-likeness (QED) is 0.322. The molecule has 27 heavy (non-hydrogen) atoms. The fourth-order valence-corrected chi connectivity index (χ4v) is 1.98. The number of ether oxygens (including phenoxy) is 6. The minimum Gasteiger partial charge on any atom is -0.467 e. The summed E-state index contributed by atoms with van der Waals surface area (Å²) in [6.07, 6.45) is 0. The molecule has 0 radical (unpaired) electrons. The molecule has 1 aromatic carbocycles. The molecule has 1 rings (SSSR count). The van der Waals surface area contributed by atoms with Gasteiger partial charge in [-0.15, -0.1) is 0 Å². The highest BCUT2D eigenvalue weighted by molar-refractivity contribution is 5.45. The third-order valence-electron chi connectivity index (χ3n) is 3.17. The van der Waals surface area contributed by atoms with Gasteiger partial charge >= 0.3 is 0 Å². The lowest BCUT2D eigenvalue weighted by molar-refractivity contribution is -0.0127. The standard InChI is InChI=1S/C21H36O6/c1-16(2)10-22-13-25-19-7-8-20(26-14-23-11-17(3)4)21(9-19)27-15-24-12-18(5)6/h7-9,16-18H,10-15H2,1-6H3. The van der Waals surface area contributed by atoms with Crippen molar-refractivity contribution in [1.82, 2.24) is 0 Å². The van der Waals surface area contributed by atoms with Crippen LogP contribution in [0.15, 0.2) is 18.2 Å². The summed E-state index contributed by atoms with van der Waals surface area (Å²) >= 11 is 0. The van der Waals surface area contributed by atoms with Crippen molar-refractivity contribution in [1.29, 1.82) is 0 Å². The molecule has 0 fully saturated rings. The molecule has 0 aliphatic rings. The molecule has 6 nitrogen and oxygen atoms in total. The van der Waals surface area contributed by atoms with Crippen LogP contribution in [0.2, 0.25) is 0 Å². The molecule has 0 amide bonds. The summed E-state index contributed by atoms with van der Waals surface area (Å²) in [4.78, 5) is 0. The average molecular weight is 385 g/mol. The summed E-state index contributed by atoms with van der Waals surface area (Å²) < 4.78 is 33.5. The van der Waals surface area contributed by atoms with Gasteiger partial charge in [0.15, 0.2) is 31.9 Å². The van der Waals surface area contributed by atoms with E-state index in [4.69, 9.17) is 28.4 Å². The van der Waals surface area contributed by atoms with Crippen molar-refractivity contribution in [3.05, 3.63) is 18.2 Å². The van der Waals surface area contributed by atoms with E-state index in [2.05, 4.69) is 41.5 Å². The van der Waals surface area contributed by atoms with Crippen molar-refractivity contribution in [2.75, 3.05) is 40.2 Å². The molecule has 0 aliphatic heterocycles. The molecule has 1 aromatic rings. The zero-order valence-corrected chi connectivity index (χ0v) is 17.7. The lowest BCUT2D eigenvalue weighted by Gasteiger charge is -2.16. The first-order valence-electron chi connectivity index (χ1n) is 9.64. The monoisotopic (exact) mass is 384 g/mol. The van der Waals surface area contributed by atoms with Gasteiger partial charge in [-0.2, -0.15) is 0 Å². The maximum absolute atomic E-state index is 5.73. The van der Waals surface area contributed by atoms with Crippen molar-refractivity contribution in [2.45, 2.75) is 41.5 Å². The Bertz CT molecular complexity index is 501. The van der Waals surface area contributed by atoms with Crippen molar-refractivity contribution in [2.24, 2.45) is 17.8 Å². The summed E-state index contributed by atoms with van der Waals surface area (Å²) in [6, 6.07) is 5.39. The number of benzene rings is 1. The van der Waals surface area contributed by atoms with Gasteiger partial charge in [-0.25, -0.2) is 0 Å². The van der Waals surface area contributed by atoms with Gasteiger partial charge in [0.05, 0.1) is 19.8 Å². The van der Waals surface area contributed by atoms with Crippen LogP contribution < -0.4 is 14.2 Å². The summed E-state index contributed by atoms with van der Waals surface area (Å²) in [5.41, 5.74) is 0. The van der Waals surface area contributed by atoms with Crippen LogP contribution in [0, 0.1) is 17.8 Å². The van der Waals surface area contributed by atoms with Gasteiger partial charge in [0.1, 0.15) is 5.75 Å². The molecule has 0 spiro atoms. The van der Waals surface area contributed by atoms with E-state index >= 15 is 0 Å². The Morgan fingerprint density at radius 1 is 0.593 bits per heavy atom. The zero-order valence-electron chi connectivity index (χ0n) is 17.7. The van der Waals surface area contributed by atoms with Gasteiger partial charge in [-0.05, 0) is 29.9 Å². The van der Waals surface area contributed by atoms with E-state index in [1.807, 2.05) is 6.07 Å². The van der Waals surface area contributed by atoms with Crippen molar-refractivity contribution < 1.29 is 28.4 Å². The van der Waals surface area contributed by atoms with Crippen LogP contribution in [0.4, 0.5) is 0 Å². The van der Waals surface area contributed by atoms with E-state index in [0.29, 0.717) is 54.8 Å². The smallest absolute Gasteiger partial charge is 0.189 e. The van der Waals surface area contributed by atoms with Gasteiger partial charge < -0.3 is 28.4 Å². The van der Waals surface area contributed by atoms with Crippen LogP contribution in [0.3, 0.4) is 0 Å². The molecular formula is C21H36O6. The maximum atomic E-state index is 5.73. The lowest BCUT2D eigenvalue weighted by atomic mass is 10.2. The summed E-state index contributed by atoms with van der Waals surface area (Å²) in [6.45, 7) is 15.0. The Morgan fingerprint density at radius 2 is 1.04 bits per heavy atom. The van der Waals surface area contributed by atoms with Crippen LogP contribution in [0.1, 0.15) is 41.5 Å². The maximum Gasteiger partial charge on any atom is 0.189 e. The molecule has 0 unspecified atom stereocenters. The van der Waals surface area contributed by atoms with Crippen molar-refractivity contribution >= 4 is 0 Å². The predicted molar refractivity (Wildman–Crippen MR) is 105 cm³/mol. The SMILES string of the molecule is CC(C)COCOc1ccc(OCOCC(C)C)c(OCOCC(C)C)c1. The molecule has 0 N–H and O–H groups in total. The first-order valence-corrected chi connectivity index (χ1v) is 9.64. The van der Waals surface area contributed by atoms with Crippen LogP contribution in [0.5, 0.6) is 17.2 Å². The Hall–Kier alpha value is -1.50. The number of hydrogen-bond donors (Lipinski definition) is 0. The molecule has 156 valence electrons. The Kier molecular flexibility index (Phi) is 11.9. The summed E-state index contributed by atoms with van der Waals surface area (Å²) in [7, 11) is 0. The third-order valence-corrected chi connectivity index (χ3v) is 3.17. The van der Waals surface area contributed by atoms with E-state index in [1.165, 1.54) is 0 Å². The van der Waals surface area contributed by atoms with E-state index in [1.54, 1.807) is 12.1 Å². The number of rotatable bonds is 15. The highest BCUT2D eigenvalue weighted by atomic mass is 16.7. The molecule has 0 aliphatic carbocycles. The van der Waals surface area contributed by atoms with E-state index in [-0.39, 0.29) is 20.4 Å². The number of hydrogen-bond acceptors (Lipinski definition) is 6. The van der Waals surface area contributed by atoms with Crippen molar-refractivity contribution in [3.63, 3.8) is 0 Å². The van der Waals surface area contributed by atoms with Gasteiger partial charge in [0.25, 0.3) is 0 Å². The van der Waals surface area contributed by atoms with E-state index in [0.717, 1.165) is 0 Å². The van der Waals surface area contributed by atoms with Gasteiger partial charge in [0.2, 0.25) is 0 Å². The average Bonchev–Trinajstić information content (AvgIpc) is 2.60. The third kappa shape index (κ3) is 11.7. The largest absolute Gasteiger partial charge is 0.467 e. The van der Waals surface area contributed by atoms with E-state index < -0.39 is 0 Å². The second-order valence-corrected chi connectivity index (χ2v) is 7.69. The molecule has 0 bridgehead atoms. The lowest BCUT2D eigenvalue weighted by Crippen LogP contribution is -2.11. The summed E-state index contributed by atoms with van der Waals surface area (Å²) in [5.74, 6) is 3.15. The normalized spacial score (nSPS) is 11.4. The van der Waals surface area contributed by atoms with Gasteiger partial charge in [0, 0.05) is 6.07 Å². The summed E-state index contributed by atoms with van der Waals surface area (Å²) in [5, 5.41) is 0. The minimum atomic E-state index is 0.148. The minimum absolute atomic E-state index is 0.148. The van der Waals surface area contributed by atoms with Crippen LogP contribution in [0.25, 0.3) is 0 Å². The molecule has 0 heterocycles. The molecule has 0 atom stereocenters. The molecule has 0 aromatic heterocycles. The van der Waals surface area contributed by atoms with E-state index in [9.17, 15) is 0 Å². The van der Waals surface area contributed by atoms with Crippen LogP contribution in [-0.2, 0) is 14.2 Å². The topological polar surface area (TPSA) is 55.4 Å². The highest BCUT2D eigenvalue weighted by Crippen LogP contribution is 2.32. The fraction of sp³-hybridized carbons (Fsp3) is 0.714. The molecular weight excluding hydrogens is 348 g/mol. The first-order chi connectivity index (χ1) is 12.9. The van der Waals surface area contributed by atoms with Crippen LogP contribution >= 0.6 is 0 Å². The highest BCUT2D eigenvalue weighted by Gasteiger charge is 2.09. The fourth-order valence-electron chi connectivity index (χ4n) is 1.98. The van der Waals surface area contributed by atoms with Crippen molar-refractivity contribution in [3.8, 4) is 17.2 Å². The van der Waals surface area contributed by atoms with Crippen LogP contribution in [-0.4, -0.2) is 40.2 Å². The predicted octanol–water partition coefficient (Wildman–Crippen LogP) is 4.71. The zero-order chi connectivity index (χ0) is 20.1. The molecule has 0 saturated carbocycles. The Balaban J connectivity index is 2.60. The molecule has 0 saturated heterocycles. The second kappa shape index (κ2) is 13.6. The second-order valence-electron chi connectivity index (χ2n) is 7.69. The molecule has 6 heteroatoms. The van der Waals surface area contributed by atoms with Gasteiger partial charge in [-0.1, -0.05) is 41.5 Å². The van der Waals surface area contributed by atoms with Gasteiger partial charge in [-0.3, -0.25) is 0 Å². The first kappa shape index (κ1) is 23.5. The Morgan fingerprint density at radius 3 is 1.52 bits per heavy atom.